The molecule has 0 saturated carbocycles. The van der Waals surface area contributed by atoms with Crippen LogP contribution in [0.5, 0.6) is 0 Å². The van der Waals surface area contributed by atoms with Crippen LogP contribution in [0.1, 0.15) is 42.9 Å². The SMILES string of the molecule is c1ccc2c(c1)CCC2N1CCCCC[N]1. The van der Waals surface area contributed by atoms with Gasteiger partial charge in [0.15, 0.2) is 0 Å². The van der Waals surface area contributed by atoms with Crippen LogP contribution in [-0.2, 0) is 6.42 Å². The van der Waals surface area contributed by atoms with Gasteiger partial charge in [0.25, 0.3) is 0 Å². The van der Waals surface area contributed by atoms with E-state index in [4.69, 9.17) is 5.43 Å². The fraction of sp³-hybridized carbons (Fsp3) is 0.571. The van der Waals surface area contributed by atoms with Crippen LogP contribution in [0.4, 0.5) is 0 Å². The Balaban J connectivity index is 1.80. The summed E-state index contributed by atoms with van der Waals surface area (Å²) in [5.74, 6) is 0. The van der Waals surface area contributed by atoms with E-state index >= 15 is 0 Å². The molecule has 1 radical (unpaired) electrons. The zero-order valence-corrected chi connectivity index (χ0v) is 9.73. The molecule has 1 aliphatic carbocycles. The number of hydrogen-bond acceptors (Lipinski definition) is 1. The maximum absolute atomic E-state index is 4.74. The molecule has 0 aromatic heterocycles. The highest BCUT2D eigenvalue weighted by Crippen LogP contribution is 2.35. The van der Waals surface area contributed by atoms with Crippen molar-refractivity contribution in [3.05, 3.63) is 35.4 Å². The molecule has 1 unspecified atom stereocenters. The number of nitrogens with zero attached hydrogens (tertiary/aromatic N) is 2. The Morgan fingerprint density at radius 2 is 2.06 bits per heavy atom. The molecule has 0 amide bonds. The van der Waals surface area contributed by atoms with Crippen molar-refractivity contribution in [2.45, 2.75) is 38.1 Å². The van der Waals surface area contributed by atoms with Crippen LogP contribution < -0.4 is 5.43 Å². The molecule has 2 heteroatoms. The summed E-state index contributed by atoms with van der Waals surface area (Å²) in [6.45, 7) is 2.18. The van der Waals surface area contributed by atoms with Gasteiger partial charge in [-0.2, -0.15) is 5.43 Å². The van der Waals surface area contributed by atoms with Crippen molar-refractivity contribution in [3.63, 3.8) is 0 Å². The summed E-state index contributed by atoms with van der Waals surface area (Å²) >= 11 is 0. The van der Waals surface area contributed by atoms with Crippen LogP contribution in [0.3, 0.4) is 0 Å². The standard InChI is InChI=1S/C14H19N2/c1-4-10-15-16(11-5-1)14-9-8-12-6-2-3-7-13(12)14/h2-3,6-7,14H,1,4-5,8-11H2. The molecular weight excluding hydrogens is 196 g/mol. The zero-order chi connectivity index (χ0) is 10.8. The third kappa shape index (κ3) is 1.87. The van der Waals surface area contributed by atoms with Crippen LogP contribution in [-0.4, -0.2) is 18.1 Å². The van der Waals surface area contributed by atoms with Gasteiger partial charge in [0.2, 0.25) is 0 Å². The van der Waals surface area contributed by atoms with Gasteiger partial charge in [0, 0.05) is 13.1 Å². The van der Waals surface area contributed by atoms with Gasteiger partial charge < -0.3 is 0 Å². The highest BCUT2D eigenvalue weighted by molar-refractivity contribution is 5.34. The van der Waals surface area contributed by atoms with Gasteiger partial charge in [-0.25, -0.2) is 5.01 Å². The second kappa shape index (κ2) is 4.56. The average Bonchev–Trinajstić information content (AvgIpc) is 2.57. The van der Waals surface area contributed by atoms with Crippen LogP contribution in [0, 0.1) is 0 Å². The molecule has 1 heterocycles. The van der Waals surface area contributed by atoms with E-state index in [-0.39, 0.29) is 0 Å². The van der Waals surface area contributed by atoms with E-state index in [1.54, 1.807) is 0 Å². The lowest BCUT2D eigenvalue weighted by atomic mass is 10.1. The summed E-state index contributed by atoms with van der Waals surface area (Å²) in [5.41, 5.74) is 7.79. The summed E-state index contributed by atoms with van der Waals surface area (Å²) in [7, 11) is 0. The minimum atomic E-state index is 0.564. The fourth-order valence-corrected chi connectivity index (χ4v) is 2.93. The summed E-state index contributed by atoms with van der Waals surface area (Å²) in [6.07, 6.45) is 6.40. The molecule has 2 aliphatic rings. The first-order valence-corrected chi connectivity index (χ1v) is 6.47. The molecule has 1 saturated heterocycles. The van der Waals surface area contributed by atoms with Gasteiger partial charge in [-0.05, 0) is 36.8 Å². The van der Waals surface area contributed by atoms with E-state index in [2.05, 4.69) is 29.3 Å². The Morgan fingerprint density at radius 3 is 3.06 bits per heavy atom. The topological polar surface area (TPSA) is 17.3 Å². The van der Waals surface area contributed by atoms with Crippen molar-refractivity contribution in [1.29, 1.82) is 0 Å². The maximum atomic E-state index is 4.74. The highest BCUT2D eigenvalue weighted by atomic mass is 15.5. The third-order valence-corrected chi connectivity index (χ3v) is 3.79. The zero-order valence-electron chi connectivity index (χ0n) is 9.73. The molecule has 1 fully saturated rings. The van der Waals surface area contributed by atoms with Crippen molar-refractivity contribution in [1.82, 2.24) is 10.4 Å². The molecule has 0 spiro atoms. The van der Waals surface area contributed by atoms with Crippen molar-refractivity contribution < 1.29 is 0 Å². The molecule has 1 aromatic carbocycles. The van der Waals surface area contributed by atoms with E-state index in [9.17, 15) is 0 Å². The Bertz CT molecular complexity index is 354. The van der Waals surface area contributed by atoms with Gasteiger partial charge in [-0.3, -0.25) is 0 Å². The molecule has 1 atom stereocenters. The molecule has 2 nitrogen and oxygen atoms in total. The van der Waals surface area contributed by atoms with Crippen LogP contribution >= 0.6 is 0 Å². The molecule has 1 aliphatic heterocycles. The average molecular weight is 215 g/mol. The predicted octanol–water partition coefficient (Wildman–Crippen LogP) is 2.68. The quantitative estimate of drug-likeness (QED) is 0.704. The first-order valence-electron chi connectivity index (χ1n) is 6.47. The summed E-state index contributed by atoms with van der Waals surface area (Å²) in [4.78, 5) is 0. The van der Waals surface area contributed by atoms with E-state index in [1.807, 2.05) is 0 Å². The Morgan fingerprint density at radius 1 is 1.12 bits per heavy atom. The van der Waals surface area contributed by atoms with Crippen molar-refractivity contribution in [2.24, 2.45) is 0 Å². The van der Waals surface area contributed by atoms with E-state index in [0.717, 1.165) is 13.1 Å². The fourth-order valence-electron chi connectivity index (χ4n) is 2.93. The van der Waals surface area contributed by atoms with Crippen LogP contribution in [0.2, 0.25) is 0 Å². The first kappa shape index (κ1) is 10.3. The maximum Gasteiger partial charge on any atom is 0.0515 e. The number of hydrogen-bond donors (Lipinski definition) is 0. The second-order valence-corrected chi connectivity index (χ2v) is 4.84. The summed E-state index contributed by atoms with van der Waals surface area (Å²) in [5, 5.41) is 2.36. The third-order valence-electron chi connectivity index (χ3n) is 3.79. The van der Waals surface area contributed by atoms with Gasteiger partial charge in [0.05, 0.1) is 6.04 Å². The molecule has 0 N–H and O–H groups in total. The molecule has 1 aromatic rings. The lowest BCUT2D eigenvalue weighted by molar-refractivity contribution is 0.126. The normalized spacial score (nSPS) is 26.4. The number of aryl methyl sites for hydroxylation is 1. The molecule has 0 bridgehead atoms. The number of benzene rings is 1. The van der Waals surface area contributed by atoms with Gasteiger partial charge >= 0.3 is 0 Å². The van der Waals surface area contributed by atoms with Gasteiger partial charge in [0.1, 0.15) is 0 Å². The predicted molar refractivity (Wildman–Crippen MR) is 65.1 cm³/mol. The van der Waals surface area contributed by atoms with Gasteiger partial charge in [-0.1, -0.05) is 30.7 Å². The molecule has 85 valence electrons. The Labute approximate surface area is 97.6 Å². The largest absolute Gasteiger partial charge is 0.219 e. The van der Waals surface area contributed by atoms with Crippen LogP contribution in [0.25, 0.3) is 0 Å². The monoisotopic (exact) mass is 215 g/mol. The lowest BCUT2D eigenvalue weighted by Gasteiger charge is -2.26. The Hall–Kier alpha value is -0.860. The minimum absolute atomic E-state index is 0.564. The van der Waals surface area contributed by atoms with Crippen molar-refractivity contribution in [3.8, 4) is 0 Å². The van der Waals surface area contributed by atoms with Crippen molar-refractivity contribution in [2.75, 3.05) is 13.1 Å². The number of rotatable bonds is 1. The van der Waals surface area contributed by atoms with Crippen molar-refractivity contribution >= 4 is 0 Å². The van der Waals surface area contributed by atoms with Gasteiger partial charge in [-0.15, -0.1) is 0 Å². The number of fused-ring (bicyclic) bond motifs is 1. The van der Waals surface area contributed by atoms with E-state index < -0.39 is 0 Å². The first-order chi connectivity index (χ1) is 7.95. The molecule has 16 heavy (non-hydrogen) atoms. The summed E-state index contributed by atoms with van der Waals surface area (Å²) in [6, 6.07) is 9.44. The smallest absolute Gasteiger partial charge is 0.0515 e. The lowest BCUT2D eigenvalue weighted by Crippen LogP contribution is -2.34. The van der Waals surface area contributed by atoms with E-state index in [0.29, 0.717) is 6.04 Å². The molecular formula is C14H19N2. The van der Waals surface area contributed by atoms with Crippen LogP contribution in [0.15, 0.2) is 24.3 Å². The Kier molecular flexibility index (Phi) is 2.94. The molecule has 3 rings (SSSR count). The highest BCUT2D eigenvalue weighted by Gasteiger charge is 2.28. The van der Waals surface area contributed by atoms with E-state index in [1.165, 1.54) is 43.2 Å². The second-order valence-electron chi connectivity index (χ2n) is 4.84. The minimum Gasteiger partial charge on any atom is -0.219 e. The summed E-state index contributed by atoms with van der Waals surface area (Å²) < 4.78 is 0.